The minimum atomic E-state index is -0.0219. The van der Waals surface area contributed by atoms with Gasteiger partial charge in [0.1, 0.15) is 0 Å². The highest BCUT2D eigenvalue weighted by atomic mass is 16.5. The minimum absolute atomic E-state index is 0.0219. The molecule has 0 saturated carbocycles. The van der Waals surface area contributed by atoms with E-state index in [2.05, 4.69) is 33.3 Å². The van der Waals surface area contributed by atoms with Crippen molar-refractivity contribution in [1.29, 1.82) is 0 Å². The van der Waals surface area contributed by atoms with Crippen LogP contribution in [0.1, 0.15) is 34.5 Å². The first-order valence-electron chi connectivity index (χ1n) is 12.0. The Labute approximate surface area is 212 Å². The van der Waals surface area contributed by atoms with Crippen molar-refractivity contribution >= 4 is 28.8 Å². The van der Waals surface area contributed by atoms with E-state index in [4.69, 9.17) is 4.98 Å². The fraction of sp³-hybridized carbons (Fsp3) is 0.286. The van der Waals surface area contributed by atoms with Crippen molar-refractivity contribution in [1.82, 2.24) is 15.0 Å². The molecular formula is C28H32N6O2. The Morgan fingerprint density at radius 3 is 2.86 bits per heavy atom. The summed E-state index contributed by atoms with van der Waals surface area (Å²) in [5, 5.41) is 15.2. The Kier molecular flexibility index (Phi) is 7.75. The van der Waals surface area contributed by atoms with Crippen molar-refractivity contribution in [2.75, 3.05) is 28.4 Å². The van der Waals surface area contributed by atoms with Crippen molar-refractivity contribution in [2.45, 2.75) is 39.7 Å². The molecule has 8 nitrogen and oxygen atoms in total. The van der Waals surface area contributed by atoms with Gasteiger partial charge in [-0.05, 0) is 56.0 Å². The average molecular weight is 485 g/mol. The highest BCUT2D eigenvalue weighted by Gasteiger charge is 2.23. The van der Waals surface area contributed by atoms with Crippen molar-refractivity contribution in [3.05, 3.63) is 90.0 Å². The van der Waals surface area contributed by atoms with Crippen LogP contribution in [0.15, 0.2) is 62.0 Å². The molecule has 186 valence electrons. The molecule has 0 unspecified atom stereocenters. The number of rotatable bonds is 10. The molecule has 36 heavy (non-hydrogen) atoms. The van der Waals surface area contributed by atoms with E-state index in [1.807, 2.05) is 50.5 Å². The number of ketones is 1. The monoisotopic (exact) mass is 484 g/mol. The minimum Gasteiger partial charge on any atom is -0.364 e. The van der Waals surface area contributed by atoms with Crippen LogP contribution < -0.4 is 15.3 Å². The number of hydrogen-bond acceptors (Lipinski definition) is 8. The Balaban J connectivity index is 1.54. The topological polar surface area (TPSA) is 94.5 Å². The smallest absolute Gasteiger partial charge is 0.227 e. The number of benzene rings is 1. The van der Waals surface area contributed by atoms with Crippen LogP contribution in [-0.2, 0) is 24.2 Å². The average Bonchev–Trinajstić information content (AvgIpc) is 2.87. The molecule has 0 fully saturated rings. The molecule has 0 amide bonds. The number of aromatic nitrogens is 3. The first kappa shape index (κ1) is 25.1. The van der Waals surface area contributed by atoms with E-state index in [0.29, 0.717) is 31.9 Å². The van der Waals surface area contributed by atoms with Crippen LogP contribution >= 0.6 is 0 Å². The number of carbonyl (C=O) groups is 1. The predicted molar refractivity (Wildman–Crippen MR) is 143 cm³/mol. The molecule has 0 radical (unpaired) electrons. The predicted octanol–water partition coefficient (Wildman–Crippen LogP) is 4.86. The van der Waals surface area contributed by atoms with Gasteiger partial charge in [0, 0.05) is 37.0 Å². The van der Waals surface area contributed by atoms with Crippen LogP contribution in [-0.4, -0.2) is 39.0 Å². The van der Waals surface area contributed by atoms with Gasteiger partial charge < -0.3 is 10.2 Å². The highest BCUT2D eigenvalue weighted by Crippen LogP contribution is 2.33. The van der Waals surface area contributed by atoms with Gasteiger partial charge in [0.15, 0.2) is 5.78 Å². The Bertz CT molecular complexity index is 1290. The van der Waals surface area contributed by atoms with Gasteiger partial charge in [-0.25, -0.2) is 9.97 Å². The summed E-state index contributed by atoms with van der Waals surface area (Å²) in [4.78, 5) is 27.8. The maximum absolute atomic E-state index is 11.7. The molecule has 0 spiro atoms. The van der Waals surface area contributed by atoms with Gasteiger partial charge in [-0.15, -0.1) is 6.58 Å². The van der Waals surface area contributed by atoms with Gasteiger partial charge >= 0.3 is 0 Å². The number of nitrogens with zero attached hydrogens (tertiary/aromatic N) is 5. The molecule has 0 saturated heterocycles. The number of anilines is 4. The molecule has 0 atom stereocenters. The van der Waals surface area contributed by atoms with Crippen LogP contribution in [0.5, 0.6) is 0 Å². The molecule has 1 aliphatic heterocycles. The lowest BCUT2D eigenvalue weighted by Gasteiger charge is -2.32. The molecule has 3 aromatic rings. The summed E-state index contributed by atoms with van der Waals surface area (Å²) in [5.41, 5.74) is 7.27. The maximum atomic E-state index is 11.7. The number of allylic oxidation sites excluding steroid dienone is 1. The van der Waals surface area contributed by atoms with Gasteiger partial charge in [0.2, 0.25) is 5.95 Å². The van der Waals surface area contributed by atoms with E-state index in [0.717, 1.165) is 58.1 Å². The molecular weight excluding hydrogens is 452 g/mol. The number of hydroxylamine groups is 1. The Hall–Kier alpha value is -4.04. The molecule has 0 bridgehead atoms. The van der Waals surface area contributed by atoms with Crippen molar-refractivity contribution in [3.8, 4) is 0 Å². The molecule has 3 heterocycles. The molecule has 0 aliphatic carbocycles. The van der Waals surface area contributed by atoms with E-state index in [1.54, 1.807) is 6.08 Å². The lowest BCUT2D eigenvalue weighted by molar-refractivity contribution is -0.114. The zero-order chi connectivity index (χ0) is 25.7. The van der Waals surface area contributed by atoms with E-state index in [9.17, 15) is 10.0 Å². The van der Waals surface area contributed by atoms with E-state index < -0.39 is 0 Å². The molecule has 8 heteroatoms. The molecule has 2 N–H and O–H groups in total. The number of nitrogens with one attached hydrogen (secondary N) is 1. The van der Waals surface area contributed by atoms with Gasteiger partial charge in [0.25, 0.3) is 0 Å². The first-order valence-corrected chi connectivity index (χ1v) is 12.0. The highest BCUT2D eigenvalue weighted by molar-refractivity contribution is 5.91. The summed E-state index contributed by atoms with van der Waals surface area (Å²) in [7, 11) is 0. The summed E-state index contributed by atoms with van der Waals surface area (Å²) in [6, 6.07) is 7.66. The third-order valence-corrected chi connectivity index (χ3v) is 6.34. The largest absolute Gasteiger partial charge is 0.364 e. The normalized spacial score (nSPS) is 12.6. The third kappa shape index (κ3) is 5.60. The van der Waals surface area contributed by atoms with E-state index in [-0.39, 0.29) is 5.78 Å². The SMILES string of the molecule is C=CCCN(O)c1c(C)ncc(N2CCc3cnc(Nc4cccc(CC(=O)C=C)c4)nc3C2)c1C. The van der Waals surface area contributed by atoms with E-state index in [1.165, 1.54) is 11.1 Å². The zero-order valence-electron chi connectivity index (χ0n) is 20.9. The summed E-state index contributed by atoms with van der Waals surface area (Å²) >= 11 is 0. The van der Waals surface area contributed by atoms with Gasteiger partial charge in [0.05, 0.1) is 35.5 Å². The number of fused-ring (bicyclic) bond motifs is 1. The molecule has 2 aromatic heterocycles. The number of aryl methyl sites for hydroxylation is 1. The second-order valence-corrected chi connectivity index (χ2v) is 8.91. The lowest BCUT2D eigenvalue weighted by Crippen LogP contribution is -2.33. The first-order chi connectivity index (χ1) is 17.4. The van der Waals surface area contributed by atoms with Crippen molar-refractivity contribution in [2.24, 2.45) is 0 Å². The molecule has 1 aromatic carbocycles. The van der Waals surface area contributed by atoms with Gasteiger partial charge in [-0.3, -0.25) is 20.0 Å². The van der Waals surface area contributed by atoms with Crippen LogP contribution in [0.25, 0.3) is 0 Å². The Morgan fingerprint density at radius 2 is 2.08 bits per heavy atom. The summed E-state index contributed by atoms with van der Waals surface area (Å²) < 4.78 is 0. The fourth-order valence-corrected chi connectivity index (χ4v) is 4.46. The second kappa shape index (κ2) is 11.1. The van der Waals surface area contributed by atoms with Crippen molar-refractivity contribution in [3.63, 3.8) is 0 Å². The second-order valence-electron chi connectivity index (χ2n) is 8.91. The van der Waals surface area contributed by atoms with Crippen LogP contribution in [0.3, 0.4) is 0 Å². The number of carbonyl (C=O) groups excluding carboxylic acids is 1. The number of hydrogen-bond donors (Lipinski definition) is 2. The van der Waals surface area contributed by atoms with Crippen molar-refractivity contribution < 1.29 is 10.0 Å². The standard InChI is InChI=1S/C28H32N6O2/c1-5-7-12-34(36)27-19(3)26(17-29-20(27)4)33-13-11-22-16-30-28(32-25(22)18-33)31-23-10-8-9-21(14-23)15-24(35)6-2/h5-6,8-10,14,16-17,36H,1-2,7,11-13,15,18H2,3-4H3,(H,30,31,32). The summed E-state index contributed by atoms with van der Waals surface area (Å²) in [5.74, 6) is 0.486. The van der Waals surface area contributed by atoms with Gasteiger partial charge in [-0.1, -0.05) is 24.8 Å². The van der Waals surface area contributed by atoms with E-state index >= 15 is 0 Å². The van der Waals surface area contributed by atoms with Crippen LogP contribution in [0, 0.1) is 13.8 Å². The quantitative estimate of drug-likeness (QED) is 0.239. The lowest BCUT2D eigenvalue weighted by atomic mass is 10.0. The van der Waals surface area contributed by atoms with Crippen LogP contribution in [0.4, 0.5) is 23.0 Å². The molecule has 1 aliphatic rings. The Morgan fingerprint density at radius 1 is 1.25 bits per heavy atom. The summed E-state index contributed by atoms with van der Waals surface area (Å²) in [6.45, 7) is 13.1. The van der Waals surface area contributed by atoms with Gasteiger partial charge in [-0.2, -0.15) is 0 Å². The molecule has 4 rings (SSSR count). The number of pyridine rings is 1. The zero-order valence-corrected chi connectivity index (χ0v) is 20.9. The fourth-order valence-electron chi connectivity index (χ4n) is 4.46. The maximum Gasteiger partial charge on any atom is 0.227 e. The summed E-state index contributed by atoms with van der Waals surface area (Å²) in [6.07, 6.45) is 8.68. The third-order valence-electron chi connectivity index (χ3n) is 6.34. The van der Waals surface area contributed by atoms with Crippen LogP contribution in [0.2, 0.25) is 0 Å².